The minimum Gasteiger partial charge on any atom is -0.394 e. The summed E-state index contributed by atoms with van der Waals surface area (Å²) in [5, 5.41) is 87.3. The highest BCUT2D eigenvalue weighted by molar-refractivity contribution is 5.76. The van der Waals surface area contributed by atoms with Gasteiger partial charge in [0.2, 0.25) is 5.91 Å². The molecule has 2 rings (SSSR count). The summed E-state index contributed by atoms with van der Waals surface area (Å²) in [6.07, 6.45) is 43.2. The van der Waals surface area contributed by atoms with Gasteiger partial charge in [-0.25, -0.2) is 0 Å². The quantitative estimate of drug-likeness (QED) is 0.0205. The lowest BCUT2D eigenvalue weighted by Gasteiger charge is -2.46. The van der Waals surface area contributed by atoms with Crippen LogP contribution in [0.4, 0.5) is 0 Å². The number of carbonyl (C=O) groups is 1. The van der Waals surface area contributed by atoms with Crippen LogP contribution < -0.4 is 5.32 Å². The van der Waals surface area contributed by atoms with E-state index in [-0.39, 0.29) is 18.9 Å². The second kappa shape index (κ2) is 46.4. The number of amides is 1. The summed E-state index contributed by atoms with van der Waals surface area (Å²) in [5.74, 6) is -0.233. The molecule has 2 aliphatic rings. The Labute approximate surface area is 453 Å². The van der Waals surface area contributed by atoms with Crippen LogP contribution in [0.2, 0.25) is 0 Å². The number of unbranched alkanes of at least 4 members (excludes halogenated alkanes) is 21. The van der Waals surface area contributed by atoms with Crippen molar-refractivity contribution in [1.82, 2.24) is 5.32 Å². The Morgan fingerprint density at radius 1 is 0.493 bits per heavy atom. The number of aliphatic hydroxyl groups is 8. The zero-order valence-corrected chi connectivity index (χ0v) is 46.5. The molecule has 0 spiro atoms. The minimum absolute atomic E-state index is 0.233. The molecule has 434 valence electrons. The third-order valence-corrected chi connectivity index (χ3v) is 14.2. The van der Waals surface area contributed by atoms with Crippen molar-refractivity contribution in [3.8, 4) is 0 Å². The van der Waals surface area contributed by atoms with Gasteiger partial charge in [-0.3, -0.25) is 4.79 Å². The normalized spacial score (nSPS) is 25.6. The molecule has 2 heterocycles. The van der Waals surface area contributed by atoms with E-state index < -0.39 is 86.8 Å². The van der Waals surface area contributed by atoms with Crippen molar-refractivity contribution in [2.45, 2.75) is 286 Å². The Hall–Kier alpha value is -2.57. The third-order valence-electron chi connectivity index (χ3n) is 14.2. The molecule has 14 nitrogen and oxygen atoms in total. The lowest BCUT2D eigenvalue weighted by atomic mass is 9.97. The molecular formula is C61H107NO13. The average Bonchev–Trinajstić information content (AvgIpc) is 3.41. The number of hydrogen-bond acceptors (Lipinski definition) is 13. The first-order valence-electron chi connectivity index (χ1n) is 29.7. The number of aliphatic hydroxyl groups excluding tert-OH is 8. The van der Waals surface area contributed by atoms with Gasteiger partial charge >= 0.3 is 0 Å². The molecule has 0 saturated carbocycles. The van der Waals surface area contributed by atoms with Gasteiger partial charge in [-0.2, -0.15) is 0 Å². The Kier molecular flexibility index (Phi) is 42.4. The van der Waals surface area contributed by atoms with Crippen molar-refractivity contribution in [1.29, 1.82) is 0 Å². The van der Waals surface area contributed by atoms with Crippen LogP contribution in [0.3, 0.4) is 0 Å². The summed E-state index contributed by atoms with van der Waals surface area (Å²) in [7, 11) is 0. The fraction of sp³-hybridized carbons (Fsp3) is 0.787. The van der Waals surface area contributed by atoms with Gasteiger partial charge in [-0.15, -0.1) is 0 Å². The molecule has 2 fully saturated rings. The first kappa shape index (κ1) is 68.5. The number of ether oxygens (including phenoxy) is 4. The zero-order valence-electron chi connectivity index (χ0n) is 46.5. The standard InChI is InChI=1S/C61H107NO13/c1-3-5-7-9-11-13-15-17-19-21-23-24-25-26-27-29-31-33-35-37-39-41-43-45-53(66)62-49(50(65)44-42-40-38-36-34-32-30-28-22-20-18-16-14-12-10-8-6-4-2)48-72-60-58(71)56(69)59(52(47-64)74-60)75-61-57(70)55(68)54(67)51(46-63)73-61/h5,7,11,13,17,19,23-24,26-27,31,33,49-52,54-61,63-65,67-71H,3-4,6,8-10,12,14-16,18,20-22,25,28-30,32,34-48H2,1-2H3,(H,62,66)/b7-5-,13-11-,19-17-,24-23-,27-26-,33-31-. The first-order valence-corrected chi connectivity index (χ1v) is 29.7. The van der Waals surface area contributed by atoms with Crippen LogP contribution in [-0.2, 0) is 23.7 Å². The summed E-state index contributed by atoms with van der Waals surface area (Å²) in [5.41, 5.74) is 0. The van der Waals surface area contributed by atoms with Gasteiger partial charge in [-0.05, 0) is 64.2 Å². The number of rotatable bonds is 46. The van der Waals surface area contributed by atoms with Gasteiger partial charge in [0.15, 0.2) is 12.6 Å². The monoisotopic (exact) mass is 1060 g/mol. The van der Waals surface area contributed by atoms with E-state index in [9.17, 15) is 45.6 Å². The van der Waals surface area contributed by atoms with Crippen LogP contribution in [-0.4, -0.2) is 140 Å². The van der Waals surface area contributed by atoms with Crippen molar-refractivity contribution < 1.29 is 64.6 Å². The van der Waals surface area contributed by atoms with Crippen molar-refractivity contribution in [3.05, 3.63) is 72.9 Å². The molecule has 9 N–H and O–H groups in total. The van der Waals surface area contributed by atoms with Gasteiger partial charge in [0, 0.05) is 6.42 Å². The predicted octanol–water partition coefficient (Wildman–Crippen LogP) is 9.94. The maximum atomic E-state index is 13.3. The van der Waals surface area contributed by atoms with Crippen molar-refractivity contribution >= 4 is 5.91 Å². The summed E-state index contributed by atoms with van der Waals surface area (Å²) < 4.78 is 22.8. The molecule has 0 aromatic heterocycles. The molecule has 1 amide bonds. The molecule has 0 bridgehead atoms. The van der Waals surface area contributed by atoms with Gasteiger partial charge in [0.05, 0.1) is 32.0 Å². The lowest BCUT2D eigenvalue weighted by Crippen LogP contribution is -2.65. The number of carbonyl (C=O) groups excluding carboxylic acids is 1. The van der Waals surface area contributed by atoms with E-state index in [0.29, 0.717) is 12.8 Å². The van der Waals surface area contributed by atoms with E-state index in [0.717, 1.165) is 89.9 Å². The fourth-order valence-electron chi connectivity index (χ4n) is 9.42. The minimum atomic E-state index is -1.79. The van der Waals surface area contributed by atoms with Crippen molar-refractivity contribution in [2.75, 3.05) is 19.8 Å². The molecular weight excluding hydrogens is 955 g/mol. The van der Waals surface area contributed by atoms with Gasteiger partial charge < -0.3 is 65.1 Å². The number of hydrogen-bond donors (Lipinski definition) is 9. The van der Waals surface area contributed by atoms with E-state index in [1.807, 2.05) is 0 Å². The SMILES string of the molecule is CC/C=C\C/C=C\C/C=C\C/C=C\C/C=C\C/C=C\CCCCCCC(=O)NC(COC1OC(CO)C(OC2OC(CO)C(O)C(O)C2O)C(O)C1O)C(O)CCCCCCCCCCCCCCCCCCCC. The van der Waals surface area contributed by atoms with Crippen LogP contribution >= 0.6 is 0 Å². The number of nitrogens with one attached hydrogen (secondary N) is 1. The Morgan fingerprint density at radius 2 is 0.920 bits per heavy atom. The molecule has 12 unspecified atom stereocenters. The largest absolute Gasteiger partial charge is 0.394 e. The van der Waals surface area contributed by atoms with E-state index in [1.165, 1.54) is 89.9 Å². The van der Waals surface area contributed by atoms with E-state index in [1.54, 1.807) is 0 Å². The van der Waals surface area contributed by atoms with Crippen LogP contribution in [0, 0.1) is 0 Å². The summed E-state index contributed by atoms with van der Waals surface area (Å²) in [6.45, 7) is 2.73. The second-order valence-corrected chi connectivity index (χ2v) is 20.7. The van der Waals surface area contributed by atoms with Crippen LogP contribution in [0.5, 0.6) is 0 Å². The molecule has 0 aromatic carbocycles. The summed E-state index contributed by atoms with van der Waals surface area (Å²) in [6, 6.07) is -0.847. The molecule has 14 heteroatoms. The van der Waals surface area contributed by atoms with Crippen molar-refractivity contribution in [2.24, 2.45) is 0 Å². The maximum Gasteiger partial charge on any atom is 0.220 e. The first-order chi connectivity index (χ1) is 36.6. The van der Waals surface area contributed by atoms with Gasteiger partial charge in [0.25, 0.3) is 0 Å². The second-order valence-electron chi connectivity index (χ2n) is 20.7. The highest BCUT2D eigenvalue weighted by atomic mass is 16.7. The smallest absolute Gasteiger partial charge is 0.220 e. The van der Waals surface area contributed by atoms with Crippen molar-refractivity contribution in [3.63, 3.8) is 0 Å². The van der Waals surface area contributed by atoms with Crippen LogP contribution in [0.25, 0.3) is 0 Å². The van der Waals surface area contributed by atoms with Crippen LogP contribution in [0.1, 0.15) is 213 Å². The molecule has 0 aromatic rings. The van der Waals surface area contributed by atoms with Gasteiger partial charge in [0.1, 0.15) is 48.8 Å². The highest BCUT2D eigenvalue weighted by Crippen LogP contribution is 2.30. The van der Waals surface area contributed by atoms with Gasteiger partial charge in [-0.1, -0.05) is 215 Å². The fourth-order valence-corrected chi connectivity index (χ4v) is 9.42. The molecule has 0 aliphatic carbocycles. The topological polar surface area (TPSA) is 228 Å². The predicted molar refractivity (Wildman–Crippen MR) is 300 cm³/mol. The molecule has 0 radical (unpaired) electrons. The van der Waals surface area contributed by atoms with Crippen LogP contribution in [0.15, 0.2) is 72.9 Å². The highest BCUT2D eigenvalue weighted by Gasteiger charge is 2.51. The molecule has 75 heavy (non-hydrogen) atoms. The lowest BCUT2D eigenvalue weighted by molar-refractivity contribution is -0.359. The Bertz CT molecular complexity index is 1530. The number of allylic oxidation sites excluding steroid dienone is 12. The van der Waals surface area contributed by atoms with E-state index in [2.05, 4.69) is 92.1 Å². The Morgan fingerprint density at radius 3 is 1.41 bits per heavy atom. The summed E-state index contributed by atoms with van der Waals surface area (Å²) in [4.78, 5) is 13.3. The van der Waals surface area contributed by atoms with E-state index in [4.69, 9.17) is 18.9 Å². The average molecular weight is 1060 g/mol. The third kappa shape index (κ3) is 32.2. The molecule has 2 aliphatic heterocycles. The maximum absolute atomic E-state index is 13.3. The molecule has 2 saturated heterocycles. The molecule has 12 atom stereocenters. The van der Waals surface area contributed by atoms with E-state index >= 15 is 0 Å². The summed E-state index contributed by atoms with van der Waals surface area (Å²) >= 11 is 0. The zero-order chi connectivity index (χ0) is 54.6. The Balaban J connectivity index is 1.78.